The van der Waals surface area contributed by atoms with Crippen molar-refractivity contribution in [2.24, 2.45) is 11.7 Å². The zero-order chi connectivity index (χ0) is 13.2. The van der Waals surface area contributed by atoms with Crippen LogP contribution in [0.1, 0.15) is 38.4 Å². The Morgan fingerprint density at radius 2 is 2.33 bits per heavy atom. The number of furan rings is 1. The van der Waals surface area contributed by atoms with Gasteiger partial charge in [0.2, 0.25) is 5.91 Å². The van der Waals surface area contributed by atoms with E-state index in [4.69, 9.17) is 10.2 Å². The average Bonchev–Trinajstić information content (AvgIpc) is 2.87. The lowest BCUT2D eigenvalue weighted by Crippen LogP contribution is -2.30. The van der Waals surface area contributed by atoms with Crippen molar-refractivity contribution in [3.63, 3.8) is 0 Å². The molecule has 0 radical (unpaired) electrons. The van der Waals surface area contributed by atoms with E-state index in [1.54, 1.807) is 6.26 Å². The number of aryl methyl sites for hydroxylation is 1. The molecule has 102 valence electrons. The van der Waals surface area contributed by atoms with E-state index in [9.17, 15) is 4.79 Å². The molecule has 0 aliphatic carbocycles. The molecule has 1 aromatic rings. The molecule has 0 aromatic carbocycles. The highest BCUT2D eigenvalue weighted by Crippen LogP contribution is 2.09. The SMILES string of the molecule is CCCC(CCN)CNC(=O)CCc1ccco1. The van der Waals surface area contributed by atoms with Crippen LogP contribution in [0.5, 0.6) is 0 Å². The van der Waals surface area contributed by atoms with E-state index in [1.807, 2.05) is 12.1 Å². The Morgan fingerprint density at radius 1 is 1.50 bits per heavy atom. The summed E-state index contributed by atoms with van der Waals surface area (Å²) in [6.07, 6.45) is 6.00. The average molecular weight is 252 g/mol. The maximum atomic E-state index is 11.7. The summed E-state index contributed by atoms with van der Waals surface area (Å²) in [5.41, 5.74) is 5.56. The van der Waals surface area contributed by atoms with Gasteiger partial charge in [-0.25, -0.2) is 0 Å². The molecule has 0 fully saturated rings. The molecule has 1 atom stereocenters. The molecule has 4 heteroatoms. The monoisotopic (exact) mass is 252 g/mol. The van der Waals surface area contributed by atoms with Crippen molar-refractivity contribution in [1.29, 1.82) is 0 Å². The molecule has 0 aliphatic rings. The van der Waals surface area contributed by atoms with Gasteiger partial charge in [0.25, 0.3) is 0 Å². The van der Waals surface area contributed by atoms with Crippen LogP contribution in [0.4, 0.5) is 0 Å². The van der Waals surface area contributed by atoms with E-state index in [2.05, 4.69) is 12.2 Å². The molecule has 4 nitrogen and oxygen atoms in total. The molecule has 18 heavy (non-hydrogen) atoms. The van der Waals surface area contributed by atoms with Gasteiger partial charge in [0, 0.05) is 19.4 Å². The second-order valence-electron chi connectivity index (χ2n) is 4.62. The van der Waals surface area contributed by atoms with Gasteiger partial charge in [0.05, 0.1) is 6.26 Å². The summed E-state index contributed by atoms with van der Waals surface area (Å²) in [4.78, 5) is 11.7. The van der Waals surface area contributed by atoms with Gasteiger partial charge < -0.3 is 15.5 Å². The maximum absolute atomic E-state index is 11.7. The first-order chi connectivity index (χ1) is 8.76. The third-order valence-corrected chi connectivity index (χ3v) is 3.04. The number of carbonyl (C=O) groups is 1. The molecule has 1 unspecified atom stereocenters. The predicted octanol–water partition coefficient (Wildman–Crippen LogP) is 2.09. The second-order valence-corrected chi connectivity index (χ2v) is 4.62. The fourth-order valence-electron chi connectivity index (χ4n) is 2.03. The van der Waals surface area contributed by atoms with Crippen LogP contribution in [-0.2, 0) is 11.2 Å². The minimum absolute atomic E-state index is 0.0875. The number of hydrogen-bond donors (Lipinski definition) is 2. The lowest BCUT2D eigenvalue weighted by Gasteiger charge is -2.15. The normalized spacial score (nSPS) is 12.3. The Labute approximate surface area is 109 Å². The lowest BCUT2D eigenvalue weighted by atomic mass is 10.00. The van der Waals surface area contributed by atoms with Gasteiger partial charge >= 0.3 is 0 Å². The number of carbonyl (C=O) groups excluding carboxylic acids is 1. The third-order valence-electron chi connectivity index (χ3n) is 3.04. The number of nitrogens with one attached hydrogen (secondary N) is 1. The fourth-order valence-corrected chi connectivity index (χ4v) is 2.03. The van der Waals surface area contributed by atoms with Gasteiger partial charge in [-0.15, -0.1) is 0 Å². The number of hydrogen-bond acceptors (Lipinski definition) is 3. The smallest absolute Gasteiger partial charge is 0.220 e. The molecular weight excluding hydrogens is 228 g/mol. The minimum atomic E-state index is 0.0875. The van der Waals surface area contributed by atoms with Crippen LogP contribution < -0.4 is 11.1 Å². The summed E-state index contributed by atoms with van der Waals surface area (Å²) in [5, 5.41) is 2.98. The van der Waals surface area contributed by atoms with Crippen molar-refractivity contribution in [3.05, 3.63) is 24.2 Å². The van der Waals surface area contributed by atoms with Gasteiger partial charge in [-0.1, -0.05) is 13.3 Å². The van der Waals surface area contributed by atoms with Crippen molar-refractivity contribution in [1.82, 2.24) is 5.32 Å². The fraction of sp³-hybridized carbons (Fsp3) is 0.643. The quantitative estimate of drug-likeness (QED) is 0.707. The third kappa shape index (κ3) is 5.87. The molecule has 1 rings (SSSR count). The summed E-state index contributed by atoms with van der Waals surface area (Å²) in [6.45, 7) is 3.58. The molecule has 0 spiro atoms. The molecular formula is C14H24N2O2. The van der Waals surface area contributed by atoms with Crippen molar-refractivity contribution in [2.75, 3.05) is 13.1 Å². The minimum Gasteiger partial charge on any atom is -0.469 e. The van der Waals surface area contributed by atoms with Gasteiger partial charge in [-0.3, -0.25) is 4.79 Å². The van der Waals surface area contributed by atoms with Gasteiger partial charge in [-0.05, 0) is 37.4 Å². The Bertz CT molecular complexity index is 317. The van der Waals surface area contributed by atoms with Crippen molar-refractivity contribution in [2.45, 2.75) is 39.0 Å². The van der Waals surface area contributed by atoms with E-state index in [1.165, 1.54) is 0 Å². The van der Waals surface area contributed by atoms with Crippen LogP contribution in [0.25, 0.3) is 0 Å². The number of rotatable bonds is 9. The van der Waals surface area contributed by atoms with Gasteiger partial charge in [0.1, 0.15) is 5.76 Å². The largest absolute Gasteiger partial charge is 0.469 e. The molecule has 1 heterocycles. The van der Waals surface area contributed by atoms with Crippen LogP contribution in [-0.4, -0.2) is 19.0 Å². The highest BCUT2D eigenvalue weighted by Gasteiger charge is 2.09. The molecule has 0 aliphatic heterocycles. The summed E-state index contributed by atoms with van der Waals surface area (Å²) in [5.74, 6) is 1.45. The second kappa shape index (κ2) is 8.75. The standard InChI is InChI=1S/C14H24N2O2/c1-2-4-12(8-9-15)11-16-14(17)7-6-13-5-3-10-18-13/h3,5,10,12H,2,4,6-9,11,15H2,1H3,(H,16,17). The molecule has 0 saturated carbocycles. The topological polar surface area (TPSA) is 68.3 Å². The molecule has 1 amide bonds. The zero-order valence-corrected chi connectivity index (χ0v) is 11.2. The van der Waals surface area contributed by atoms with Crippen LogP contribution in [0, 0.1) is 5.92 Å². The first-order valence-electron chi connectivity index (χ1n) is 6.75. The van der Waals surface area contributed by atoms with Crippen molar-refractivity contribution in [3.8, 4) is 0 Å². The number of nitrogens with two attached hydrogens (primary N) is 1. The maximum Gasteiger partial charge on any atom is 0.220 e. The summed E-state index contributed by atoms with van der Waals surface area (Å²) in [7, 11) is 0. The van der Waals surface area contributed by atoms with Crippen molar-refractivity contribution < 1.29 is 9.21 Å². The summed E-state index contributed by atoms with van der Waals surface area (Å²) in [6, 6.07) is 3.73. The van der Waals surface area contributed by atoms with E-state index in [-0.39, 0.29) is 5.91 Å². The predicted molar refractivity (Wildman–Crippen MR) is 72.1 cm³/mol. The summed E-state index contributed by atoms with van der Waals surface area (Å²) >= 11 is 0. The van der Waals surface area contributed by atoms with E-state index < -0.39 is 0 Å². The van der Waals surface area contributed by atoms with Gasteiger partial charge in [-0.2, -0.15) is 0 Å². The van der Waals surface area contributed by atoms with Crippen LogP contribution >= 0.6 is 0 Å². The first kappa shape index (κ1) is 14.8. The summed E-state index contributed by atoms with van der Waals surface area (Å²) < 4.78 is 5.19. The molecule has 0 saturated heterocycles. The number of amides is 1. The van der Waals surface area contributed by atoms with E-state index in [0.717, 1.165) is 31.6 Å². The van der Waals surface area contributed by atoms with E-state index >= 15 is 0 Å². The Morgan fingerprint density at radius 3 is 2.94 bits per heavy atom. The molecule has 1 aromatic heterocycles. The Hall–Kier alpha value is -1.29. The van der Waals surface area contributed by atoms with Crippen LogP contribution in [0.3, 0.4) is 0 Å². The lowest BCUT2D eigenvalue weighted by molar-refractivity contribution is -0.121. The highest BCUT2D eigenvalue weighted by atomic mass is 16.3. The Balaban J connectivity index is 2.18. The zero-order valence-electron chi connectivity index (χ0n) is 11.2. The van der Waals surface area contributed by atoms with Gasteiger partial charge in [0.15, 0.2) is 0 Å². The van der Waals surface area contributed by atoms with Crippen LogP contribution in [0.15, 0.2) is 22.8 Å². The van der Waals surface area contributed by atoms with E-state index in [0.29, 0.717) is 25.3 Å². The highest BCUT2D eigenvalue weighted by molar-refractivity contribution is 5.76. The molecule has 0 bridgehead atoms. The Kier molecular flexibility index (Phi) is 7.18. The van der Waals surface area contributed by atoms with Crippen molar-refractivity contribution >= 4 is 5.91 Å². The molecule has 3 N–H and O–H groups in total. The first-order valence-corrected chi connectivity index (χ1v) is 6.75. The van der Waals surface area contributed by atoms with Crippen LogP contribution in [0.2, 0.25) is 0 Å².